The molecular formula is C15H21N3S. The summed E-state index contributed by atoms with van der Waals surface area (Å²) in [6.45, 7) is 4.27. The van der Waals surface area contributed by atoms with Gasteiger partial charge < -0.3 is 10.2 Å². The third-order valence-electron chi connectivity index (χ3n) is 3.20. The summed E-state index contributed by atoms with van der Waals surface area (Å²) < 4.78 is 0. The SMILES string of the molecule is CC(NCCCN(C)c1ccccc1)c1cncs1. The highest BCUT2D eigenvalue weighted by molar-refractivity contribution is 7.09. The lowest BCUT2D eigenvalue weighted by atomic mass is 10.2. The number of nitrogens with one attached hydrogen (secondary N) is 1. The summed E-state index contributed by atoms with van der Waals surface area (Å²) in [6.07, 6.45) is 3.08. The Balaban J connectivity index is 1.67. The van der Waals surface area contributed by atoms with Gasteiger partial charge in [0.2, 0.25) is 0 Å². The fourth-order valence-corrected chi connectivity index (χ4v) is 2.64. The molecule has 0 aliphatic heterocycles. The Morgan fingerprint density at radius 3 is 2.79 bits per heavy atom. The van der Waals surface area contributed by atoms with Crippen LogP contribution in [0.25, 0.3) is 0 Å². The standard InChI is InChI=1S/C15H21N3S/c1-13(15-11-16-12-19-15)17-9-6-10-18(2)14-7-4-3-5-8-14/h3-5,7-8,11-13,17H,6,9-10H2,1-2H3. The molecule has 1 N–H and O–H groups in total. The Labute approximate surface area is 119 Å². The smallest absolute Gasteiger partial charge is 0.0794 e. The molecule has 0 saturated carbocycles. The lowest BCUT2D eigenvalue weighted by Gasteiger charge is -2.20. The molecular weight excluding hydrogens is 254 g/mol. The molecule has 0 amide bonds. The maximum Gasteiger partial charge on any atom is 0.0794 e. The van der Waals surface area contributed by atoms with E-state index in [1.807, 2.05) is 11.7 Å². The van der Waals surface area contributed by atoms with Gasteiger partial charge in [-0.1, -0.05) is 18.2 Å². The topological polar surface area (TPSA) is 28.2 Å². The Bertz CT molecular complexity index is 456. The first-order chi connectivity index (χ1) is 9.27. The summed E-state index contributed by atoms with van der Waals surface area (Å²) in [4.78, 5) is 7.70. The molecule has 0 bridgehead atoms. The Morgan fingerprint density at radius 2 is 2.11 bits per heavy atom. The third-order valence-corrected chi connectivity index (χ3v) is 4.15. The van der Waals surface area contributed by atoms with Crippen molar-refractivity contribution in [3.05, 3.63) is 46.9 Å². The molecule has 0 spiro atoms. The van der Waals surface area contributed by atoms with Crippen LogP contribution >= 0.6 is 11.3 Å². The highest BCUT2D eigenvalue weighted by Crippen LogP contribution is 2.16. The van der Waals surface area contributed by atoms with Gasteiger partial charge in [0.25, 0.3) is 0 Å². The van der Waals surface area contributed by atoms with Crippen LogP contribution in [0.15, 0.2) is 42.0 Å². The second kappa shape index (κ2) is 7.26. The summed E-state index contributed by atoms with van der Waals surface area (Å²) in [6, 6.07) is 10.9. The average molecular weight is 275 g/mol. The number of anilines is 1. The van der Waals surface area contributed by atoms with Gasteiger partial charge in [-0.15, -0.1) is 11.3 Å². The average Bonchev–Trinajstić information content (AvgIpc) is 2.98. The number of rotatable bonds is 7. The molecule has 1 atom stereocenters. The molecule has 4 heteroatoms. The van der Waals surface area contributed by atoms with E-state index in [0.29, 0.717) is 6.04 Å². The van der Waals surface area contributed by atoms with Crippen LogP contribution in [0.3, 0.4) is 0 Å². The number of nitrogens with zero attached hydrogens (tertiary/aromatic N) is 2. The molecule has 1 aromatic heterocycles. The Kier molecular flexibility index (Phi) is 5.36. The molecule has 19 heavy (non-hydrogen) atoms. The number of hydrogen-bond donors (Lipinski definition) is 1. The second-order valence-corrected chi connectivity index (χ2v) is 5.61. The quantitative estimate of drug-likeness (QED) is 0.786. The van der Waals surface area contributed by atoms with E-state index in [0.717, 1.165) is 19.5 Å². The maximum atomic E-state index is 4.11. The van der Waals surface area contributed by atoms with Crippen LogP contribution in [0.2, 0.25) is 0 Å². The van der Waals surface area contributed by atoms with Crippen molar-refractivity contribution in [1.82, 2.24) is 10.3 Å². The molecule has 1 unspecified atom stereocenters. The van der Waals surface area contributed by atoms with Gasteiger partial charge in [0.15, 0.2) is 0 Å². The van der Waals surface area contributed by atoms with Crippen molar-refractivity contribution in [2.45, 2.75) is 19.4 Å². The summed E-state index contributed by atoms with van der Waals surface area (Å²) in [5.74, 6) is 0. The van der Waals surface area contributed by atoms with Crippen molar-refractivity contribution in [3.8, 4) is 0 Å². The van der Waals surface area contributed by atoms with Crippen LogP contribution in [0.5, 0.6) is 0 Å². The van der Waals surface area contributed by atoms with Gasteiger partial charge in [0.1, 0.15) is 0 Å². The van der Waals surface area contributed by atoms with Crippen LogP contribution in [-0.4, -0.2) is 25.1 Å². The molecule has 0 aliphatic rings. The first-order valence-electron chi connectivity index (χ1n) is 6.65. The molecule has 0 saturated heterocycles. The fraction of sp³-hybridized carbons (Fsp3) is 0.400. The molecule has 1 aromatic carbocycles. The zero-order chi connectivity index (χ0) is 13.5. The zero-order valence-corrected chi connectivity index (χ0v) is 12.4. The van der Waals surface area contributed by atoms with Gasteiger partial charge in [-0.3, -0.25) is 4.98 Å². The van der Waals surface area contributed by atoms with Gasteiger partial charge in [0.05, 0.1) is 5.51 Å². The highest BCUT2D eigenvalue weighted by Gasteiger charge is 2.06. The molecule has 3 nitrogen and oxygen atoms in total. The molecule has 0 aliphatic carbocycles. The molecule has 0 radical (unpaired) electrons. The van der Waals surface area contributed by atoms with Crippen molar-refractivity contribution in [3.63, 3.8) is 0 Å². The zero-order valence-electron chi connectivity index (χ0n) is 11.5. The van der Waals surface area contributed by atoms with E-state index >= 15 is 0 Å². The van der Waals surface area contributed by atoms with Crippen LogP contribution in [0.4, 0.5) is 5.69 Å². The van der Waals surface area contributed by atoms with E-state index in [1.54, 1.807) is 11.3 Å². The van der Waals surface area contributed by atoms with Crippen molar-refractivity contribution in [2.24, 2.45) is 0 Å². The van der Waals surface area contributed by atoms with Gasteiger partial charge in [-0.25, -0.2) is 0 Å². The largest absolute Gasteiger partial charge is 0.375 e. The molecule has 102 valence electrons. The minimum atomic E-state index is 0.398. The number of para-hydroxylation sites is 1. The highest BCUT2D eigenvalue weighted by atomic mass is 32.1. The Morgan fingerprint density at radius 1 is 1.32 bits per heavy atom. The molecule has 0 fully saturated rings. The van der Waals surface area contributed by atoms with Gasteiger partial charge in [0, 0.05) is 36.4 Å². The summed E-state index contributed by atoms with van der Waals surface area (Å²) in [5.41, 5.74) is 3.16. The molecule has 2 rings (SSSR count). The minimum Gasteiger partial charge on any atom is -0.375 e. The summed E-state index contributed by atoms with van der Waals surface area (Å²) >= 11 is 1.71. The third kappa shape index (κ3) is 4.33. The van der Waals surface area contributed by atoms with Crippen molar-refractivity contribution in [2.75, 3.05) is 25.0 Å². The first kappa shape index (κ1) is 14.0. The lowest BCUT2D eigenvalue weighted by molar-refractivity contribution is 0.564. The lowest BCUT2D eigenvalue weighted by Crippen LogP contribution is -2.25. The number of thiazole rings is 1. The van der Waals surface area contributed by atoms with E-state index in [4.69, 9.17) is 0 Å². The van der Waals surface area contributed by atoms with Gasteiger partial charge in [-0.2, -0.15) is 0 Å². The van der Waals surface area contributed by atoms with Crippen molar-refractivity contribution >= 4 is 17.0 Å². The van der Waals surface area contributed by atoms with Crippen LogP contribution < -0.4 is 10.2 Å². The summed E-state index contributed by atoms with van der Waals surface area (Å²) in [7, 11) is 2.14. The number of benzene rings is 1. The predicted molar refractivity (Wildman–Crippen MR) is 82.9 cm³/mol. The molecule has 1 heterocycles. The Hall–Kier alpha value is -1.39. The number of hydrogen-bond acceptors (Lipinski definition) is 4. The van der Waals surface area contributed by atoms with E-state index in [2.05, 4.69) is 59.5 Å². The van der Waals surface area contributed by atoms with Gasteiger partial charge >= 0.3 is 0 Å². The van der Waals surface area contributed by atoms with Crippen LogP contribution in [0.1, 0.15) is 24.3 Å². The first-order valence-corrected chi connectivity index (χ1v) is 7.53. The van der Waals surface area contributed by atoms with E-state index in [1.165, 1.54) is 10.6 Å². The summed E-state index contributed by atoms with van der Waals surface area (Å²) in [5, 5.41) is 3.54. The van der Waals surface area contributed by atoms with E-state index in [-0.39, 0.29) is 0 Å². The van der Waals surface area contributed by atoms with E-state index < -0.39 is 0 Å². The number of aromatic nitrogens is 1. The minimum absolute atomic E-state index is 0.398. The maximum absolute atomic E-state index is 4.11. The van der Waals surface area contributed by atoms with Gasteiger partial charge in [-0.05, 0) is 32.0 Å². The van der Waals surface area contributed by atoms with Crippen LogP contribution in [0, 0.1) is 0 Å². The predicted octanol–water partition coefficient (Wildman–Crippen LogP) is 3.32. The second-order valence-electron chi connectivity index (χ2n) is 4.69. The van der Waals surface area contributed by atoms with Crippen molar-refractivity contribution < 1.29 is 0 Å². The normalized spacial score (nSPS) is 12.3. The van der Waals surface area contributed by atoms with Crippen LogP contribution in [-0.2, 0) is 0 Å². The van der Waals surface area contributed by atoms with E-state index in [9.17, 15) is 0 Å². The monoisotopic (exact) mass is 275 g/mol. The molecule has 2 aromatic rings. The van der Waals surface area contributed by atoms with Crippen molar-refractivity contribution in [1.29, 1.82) is 0 Å². The fourth-order valence-electron chi connectivity index (χ4n) is 1.99.